The van der Waals surface area contributed by atoms with Crippen LogP contribution in [0.5, 0.6) is 0 Å². The quantitative estimate of drug-likeness (QED) is 0.0458. The molecule has 0 rings (SSSR count). The molecule has 0 aliphatic rings. The Bertz CT molecular complexity index is 730. The summed E-state index contributed by atoms with van der Waals surface area (Å²) in [7, 11) is -4.30. The Kier molecular flexibility index (Phi) is 32.8. The van der Waals surface area contributed by atoms with Gasteiger partial charge in [-0.3, -0.25) is 9.35 Å². The number of unbranched alkanes of at least 4 members (excludes halogenated alkanes) is 28. The minimum absolute atomic E-state index is 0.242. The molecule has 1 amide bonds. The van der Waals surface area contributed by atoms with Crippen LogP contribution >= 0.6 is 0 Å². The molecule has 0 radical (unpaired) electrons. The van der Waals surface area contributed by atoms with E-state index in [0.717, 1.165) is 38.5 Å². The van der Waals surface area contributed by atoms with E-state index < -0.39 is 28.0 Å². The monoisotopic (exact) mass is 660 g/mol. The Morgan fingerprint density at radius 1 is 0.511 bits per heavy atom. The number of carbonyl (C=O) groups excluding carboxylic acids is 1. The van der Waals surface area contributed by atoms with Gasteiger partial charge >= 0.3 is 0 Å². The third-order valence-electron chi connectivity index (χ3n) is 9.31. The first-order valence-electron chi connectivity index (χ1n) is 19.7. The first-order valence-corrected chi connectivity index (χ1v) is 21.3. The van der Waals surface area contributed by atoms with Gasteiger partial charge in [0.05, 0.1) is 17.9 Å². The molecule has 0 saturated carbocycles. The summed E-state index contributed by atoms with van der Waals surface area (Å²) in [5.41, 5.74) is 0. The fraction of sp³-hybridized carbons (Fsp3) is 0.974. The van der Waals surface area contributed by atoms with E-state index in [1.807, 2.05) is 0 Å². The minimum Gasteiger partial charge on any atom is -0.391 e. The van der Waals surface area contributed by atoms with E-state index in [1.165, 1.54) is 154 Å². The van der Waals surface area contributed by atoms with Gasteiger partial charge in [-0.15, -0.1) is 0 Å². The van der Waals surface area contributed by atoms with E-state index in [1.54, 1.807) is 0 Å². The van der Waals surface area contributed by atoms with Crippen molar-refractivity contribution in [2.24, 2.45) is 0 Å². The van der Waals surface area contributed by atoms with Gasteiger partial charge in [-0.25, -0.2) is 0 Å². The summed E-state index contributed by atoms with van der Waals surface area (Å²) in [4.78, 5) is 12.5. The Labute approximate surface area is 280 Å². The highest BCUT2D eigenvalue weighted by Crippen LogP contribution is 2.16. The topological polar surface area (TPSA) is 104 Å². The third-order valence-corrected chi connectivity index (χ3v) is 10.1. The number of amides is 1. The van der Waals surface area contributed by atoms with Crippen LogP contribution < -0.4 is 5.32 Å². The molecule has 0 aliphatic carbocycles. The summed E-state index contributed by atoms with van der Waals surface area (Å²) in [6, 6.07) is -0.963. The third kappa shape index (κ3) is 34.5. The lowest BCUT2D eigenvalue weighted by molar-refractivity contribution is -0.122. The van der Waals surface area contributed by atoms with E-state index in [4.69, 9.17) is 0 Å². The normalized spacial score (nSPS) is 13.2. The zero-order chi connectivity index (χ0) is 33.3. The zero-order valence-electron chi connectivity index (χ0n) is 30.0. The van der Waals surface area contributed by atoms with Crippen molar-refractivity contribution in [3.05, 3.63) is 0 Å². The van der Waals surface area contributed by atoms with Crippen molar-refractivity contribution >= 4 is 16.0 Å². The number of aliphatic hydroxyl groups excluding tert-OH is 1. The number of carbonyl (C=O) groups is 1. The van der Waals surface area contributed by atoms with Crippen LogP contribution in [0.3, 0.4) is 0 Å². The van der Waals surface area contributed by atoms with Crippen molar-refractivity contribution < 1.29 is 22.9 Å². The summed E-state index contributed by atoms with van der Waals surface area (Å²) in [5, 5.41) is 13.3. The Hall–Kier alpha value is -0.660. The Balaban J connectivity index is 3.85. The molecule has 3 N–H and O–H groups in total. The summed E-state index contributed by atoms with van der Waals surface area (Å²) in [5.74, 6) is -0.883. The van der Waals surface area contributed by atoms with Gasteiger partial charge in [0.1, 0.15) is 0 Å². The molecule has 0 aromatic carbocycles. The molecule has 2 unspecified atom stereocenters. The average molecular weight is 660 g/mol. The van der Waals surface area contributed by atoms with Crippen LogP contribution in [0.15, 0.2) is 0 Å². The lowest BCUT2D eigenvalue weighted by Crippen LogP contribution is -2.47. The van der Waals surface area contributed by atoms with Crippen LogP contribution in [0.2, 0.25) is 0 Å². The van der Waals surface area contributed by atoms with Crippen LogP contribution in [0.1, 0.15) is 219 Å². The molecule has 0 aromatic rings. The molecular formula is C38H77NO5S. The second-order valence-electron chi connectivity index (χ2n) is 13.9. The van der Waals surface area contributed by atoms with Gasteiger partial charge in [0, 0.05) is 6.42 Å². The van der Waals surface area contributed by atoms with Crippen LogP contribution in [0.25, 0.3) is 0 Å². The number of hydrogen-bond donors (Lipinski definition) is 3. The molecule has 7 heteroatoms. The summed E-state index contributed by atoms with van der Waals surface area (Å²) in [6.07, 6.45) is 37.6. The lowest BCUT2D eigenvalue weighted by atomic mass is 10.0. The Morgan fingerprint density at radius 2 is 0.800 bits per heavy atom. The Morgan fingerprint density at radius 3 is 1.11 bits per heavy atom. The van der Waals surface area contributed by atoms with Gasteiger partial charge in [-0.1, -0.05) is 200 Å². The second kappa shape index (κ2) is 33.2. The fourth-order valence-corrected chi connectivity index (χ4v) is 7.10. The average Bonchev–Trinajstić information content (AvgIpc) is 3.00. The molecule has 0 aromatic heterocycles. The summed E-state index contributed by atoms with van der Waals surface area (Å²) in [6.45, 7) is 4.52. The minimum atomic E-state index is -4.30. The molecule has 2 atom stereocenters. The number of nitrogens with one attached hydrogen (secondary N) is 1. The maximum absolute atomic E-state index is 12.5. The van der Waals surface area contributed by atoms with E-state index in [2.05, 4.69) is 19.2 Å². The molecule has 6 nitrogen and oxygen atoms in total. The van der Waals surface area contributed by atoms with Crippen molar-refractivity contribution in [3.63, 3.8) is 0 Å². The molecule has 0 aliphatic heterocycles. The highest BCUT2D eigenvalue weighted by atomic mass is 32.2. The summed E-state index contributed by atoms with van der Waals surface area (Å²) >= 11 is 0. The summed E-state index contributed by atoms with van der Waals surface area (Å²) < 4.78 is 32.5. The van der Waals surface area contributed by atoms with E-state index in [0.29, 0.717) is 12.8 Å². The molecule has 270 valence electrons. The highest BCUT2D eigenvalue weighted by Gasteiger charge is 2.26. The maximum atomic E-state index is 12.5. The standard InChI is InChI=1S/C38H77NO5S/c1-3-5-7-9-11-13-15-17-19-20-21-23-25-27-29-31-33-37(40)36(35-45(42,43)44)39-38(41)34-32-30-28-26-24-22-18-16-14-12-10-8-6-4-2/h36-37,40H,3-35H2,1-2H3,(H,39,41)(H,42,43,44). The molecule has 0 fully saturated rings. The van der Waals surface area contributed by atoms with Gasteiger partial charge in [-0.2, -0.15) is 8.42 Å². The zero-order valence-corrected chi connectivity index (χ0v) is 30.8. The first-order chi connectivity index (χ1) is 21.8. The van der Waals surface area contributed by atoms with E-state index in [9.17, 15) is 22.9 Å². The molecule has 45 heavy (non-hydrogen) atoms. The van der Waals surface area contributed by atoms with E-state index >= 15 is 0 Å². The van der Waals surface area contributed by atoms with Crippen LogP contribution in [0.4, 0.5) is 0 Å². The van der Waals surface area contributed by atoms with Crippen LogP contribution in [-0.2, 0) is 14.9 Å². The lowest BCUT2D eigenvalue weighted by Gasteiger charge is -2.23. The van der Waals surface area contributed by atoms with Gasteiger partial charge in [-0.05, 0) is 12.8 Å². The molecule has 0 heterocycles. The van der Waals surface area contributed by atoms with Crippen LogP contribution in [-0.4, -0.2) is 41.9 Å². The van der Waals surface area contributed by atoms with Crippen LogP contribution in [0, 0.1) is 0 Å². The molecular weight excluding hydrogens is 582 g/mol. The van der Waals surface area contributed by atoms with Gasteiger partial charge in [0.2, 0.25) is 5.91 Å². The number of rotatable bonds is 36. The predicted molar refractivity (Wildman–Crippen MR) is 193 cm³/mol. The SMILES string of the molecule is CCCCCCCCCCCCCCCCCCC(O)C(CS(=O)(=O)O)NC(=O)CCCCCCCCCCCCCCCC. The number of aliphatic hydroxyl groups is 1. The highest BCUT2D eigenvalue weighted by molar-refractivity contribution is 7.85. The molecule has 0 spiro atoms. The predicted octanol–water partition coefficient (Wildman–Crippen LogP) is 11.2. The van der Waals surface area contributed by atoms with Crippen molar-refractivity contribution in [1.29, 1.82) is 0 Å². The van der Waals surface area contributed by atoms with Crippen molar-refractivity contribution in [1.82, 2.24) is 5.32 Å². The smallest absolute Gasteiger partial charge is 0.266 e. The van der Waals surface area contributed by atoms with Crippen molar-refractivity contribution in [2.75, 3.05) is 5.75 Å². The largest absolute Gasteiger partial charge is 0.391 e. The van der Waals surface area contributed by atoms with Gasteiger partial charge < -0.3 is 10.4 Å². The van der Waals surface area contributed by atoms with Crippen molar-refractivity contribution in [2.45, 2.75) is 231 Å². The first kappa shape index (κ1) is 44.3. The molecule has 0 saturated heterocycles. The molecule has 0 bridgehead atoms. The second-order valence-corrected chi connectivity index (χ2v) is 15.4. The fourth-order valence-electron chi connectivity index (χ4n) is 6.34. The van der Waals surface area contributed by atoms with Crippen molar-refractivity contribution in [3.8, 4) is 0 Å². The van der Waals surface area contributed by atoms with E-state index in [-0.39, 0.29) is 5.91 Å². The number of hydrogen-bond acceptors (Lipinski definition) is 4. The van der Waals surface area contributed by atoms with Gasteiger partial charge in [0.25, 0.3) is 10.1 Å². The maximum Gasteiger partial charge on any atom is 0.266 e. The van der Waals surface area contributed by atoms with Gasteiger partial charge in [0.15, 0.2) is 0 Å².